The van der Waals surface area contributed by atoms with Crippen LogP contribution in [0.1, 0.15) is 0 Å². The molecule has 0 atom stereocenters. The van der Waals surface area contributed by atoms with Crippen LogP contribution >= 0.6 is 0 Å². The predicted octanol–water partition coefficient (Wildman–Crippen LogP) is 0.162. The summed E-state index contributed by atoms with van der Waals surface area (Å²) in [4.78, 5) is -2.99. The molecule has 0 aromatic heterocycles. The van der Waals surface area contributed by atoms with Crippen LogP contribution in [0.5, 0.6) is 0 Å². The van der Waals surface area contributed by atoms with Crippen LogP contribution in [0.25, 0.3) is 10.8 Å². The van der Waals surface area contributed by atoms with Crippen molar-refractivity contribution in [1.82, 2.24) is 0 Å². The van der Waals surface area contributed by atoms with Gasteiger partial charge in [0.1, 0.15) is 14.7 Å². The first-order chi connectivity index (χ1) is 10.2. The second-order valence-electron chi connectivity index (χ2n) is 4.40. The van der Waals surface area contributed by atoms with Gasteiger partial charge in [0.15, 0.2) is 0 Å². The molecule has 10 nitrogen and oxygen atoms in total. The average molecular weight is 383 g/mol. The maximum absolute atomic E-state index is 11.5. The highest BCUT2D eigenvalue weighted by Gasteiger charge is 2.29. The highest BCUT2D eigenvalue weighted by atomic mass is 32.2. The lowest BCUT2D eigenvalue weighted by Gasteiger charge is -2.13. The van der Waals surface area contributed by atoms with Gasteiger partial charge in [0.2, 0.25) is 0 Å². The second-order valence-corrected chi connectivity index (χ2v) is 8.54. The number of anilines is 1. The van der Waals surface area contributed by atoms with Gasteiger partial charge in [0.25, 0.3) is 30.4 Å². The summed E-state index contributed by atoms with van der Waals surface area (Å²) >= 11 is 0. The van der Waals surface area contributed by atoms with Crippen molar-refractivity contribution in [3.05, 3.63) is 24.3 Å². The molecule has 0 saturated heterocycles. The Kier molecular flexibility index (Phi) is 3.91. The summed E-state index contributed by atoms with van der Waals surface area (Å²) < 4.78 is 96.3. The van der Waals surface area contributed by atoms with Gasteiger partial charge in [-0.05, 0) is 12.1 Å². The summed E-state index contributed by atoms with van der Waals surface area (Å²) in [5.41, 5.74) is 4.56. The maximum atomic E-state index is 11.5. The summed E-state index contributed by atoms with van der Waals surface area (Å²) in [6.07, 6.45) is 0. The van der Waals surface area contributed by atoms with E-state index in [1.807, 2.05) is 0 Å². The number of nitrogen functional groups attached to an aromatic ring is 1. The van der Waals surface area contributed by atoms with E-state index in [9.17, 15) is 38.9 Å². The molecule has 0 aliphatic carbocycles. The molecule has 0 heterocycles. The van der Waals surface area contributed by atoms with Gasteiger partial charge in [0.05, 0.1) is 5.69 Å². The van der Waals surface area contributed by atoms with Crippen molar-refractivity contribution in [3.63, 3.8) is 0 Å². The summed E-state index contributed by atoms with van der Waals surface area (Å²) in [7, 11) is -15.0. The van der Waals surface area contributed by atoms with Crippen molar-refractivity contribution in [2.45, 2.75) is 14.7 Å². The Morgan fingerprint density at radius 1 is 0.783 bits per heavy atom. The Balaban J connectivity index is 3.33. The summed E-state index contributed by atoms with van der Waals surface area (Å²) in [5, 5.41) is -1.42. The molecule has 2 rings (SSSR count). The van der Waals surface area contributed by atoms with Crippen LogP contribution < -0.4 is 5.73 Å². The number of rotatable bonds is 3. The monoisotopic (exact) mass is 383 g/mol. The zero-order chi connectivity index (χ0) is 17.8. The van der Waals surface area contributed by atoms with Crippen molar-refractivity contribution in [2.75, 3.05) is 5.73 Å². The van der Waals surface area contributed by atoms with E-state index < -0.39 is 61.5 Å². The van der Waals surface area contributed by atoms with E-state index >= 15 is 0 Å². The van der Waals surface area contributed by atoms with Crippen LogP contribution in [0.2, 0.25) is 0 Å². The predicted molar refractivity (Wildman–Crippen MR) is 77.8 cm³/mol. The first-order valence-corrected chi connectivity index (χ1v) is 9.84. The molecule has 5 N–H and O–H groups in total. The van der Waals surface area contributed by atoms with Crippen molar-refractivity contribution in [1.29, 1.82) is 0 Å². The van der Waals surface area contributed by atoms with Crippen LogP contribution in [-0.2, 0) is 30.4 Å². The van der Waals surface area contributed by atoms with Gasteiger partial charge in [-0.2, -0.15) is 25.3 Å². The second kappa shape index (κ2) is 5.12. The summed E-state index contributed by atoms with van der Waals surface area (Å²) in [5.74, 6) is 0. The smallest absolute Gasteiger partial charge is 0.297 e. The first-order valence-electron chi connectivity index (χ1n) is 5.52. The zero-order valence-corrected chi connectivity index (χ0v) is 13.4. The minimum absolute atomic E-state index is 0.550. The van der Waals surface area contributed by atoms with E-state index in [2.05, 4.69) is 0 Å². The van der Waals surface area contributed by atoms with Gasteiger partial charge < -0.3 is 5.73 Å². The van der Waals surface area contributed by atoms with Gasteiger partial charge in [-0.15, -0.1) is 0 Å². The molecular weight excluding hydrogens is 374 g/mol. The standard InChI is InChI=1S/C10H9NO9S3/c11-6-4-8(22(15,16)17)5-2-1-3-7(21(12,13)14)9(5)10(6)23(18,19)20/h1-4H,11H2,(H,12,13,14)(H,15,16,17)(H,18,19,20). The third kappa shape index (κ3) is 3.15. The van der Waals surface area contributed by atoms with Crippen LogP contribution in [0.4, 0.5) is 5.69 Å². The molecule has 0 radical (unpaired) electrons. The lowest BCUT2D eigenvalue weighted by Crippen LogP contribution is -2.11. The zero-order valence-electron chi connectivity index (χ0n) is 10.9. The third-order valence-electron chi connectivity index (χ3n) is 2.88. The Hall–Kier alpha value is -1.77. The molecule has 126 valence electrons. The minimum Gasteiger partial charge on any atom is -0.398 e. The van der Waals surface area contributed by atoms with Gasteiger partial charge in [0, 0.05) is 10.8 Å². The van der Waals surface area contributed by atoms with Crippen molar-refractivity contribution in [2.24, 2.45) is 0 Å². The summed E-state index contributed by atoms with van der Waals surface area (Å²) in [6.45, 7) is 0. The maximum Gasteiger partial charge on any atom is 0.297 e. The van der Waals surface area contributed by atoms with Crippen LogP contribution in [-0.4, -0.2) is 38.9 Å². The Bertz CT molecular complexity index is 1130. The van der Waals surface area contributed by atoms with Gasteiger partial charge in [-0.25, -0.2) is 0 Å². The molecule has 0 fully saturated rings. The molecule has 0 saturated carbocycles. The summed E-state index contributed by atoms with van der Waals surface area (Å²) in [6, 6.07) is 3.30. The van der Waals surface area contributed by atoms with Gasteiger partial charge in [-0.1, -0.05) is 12.1 Å². The Labute approximate surface area is 130 Å². The highest BCUT2D eigenvalue weighted by molar-refractivity contribution is 7.87. The van der Waals surface area contributed by atoms with Crippen LogP contribution in [0.3, 0.4) is 0 Å². The third-order valence-corrected chi connectivity index (χ3v) is 5.63. The van der Waals surface area contributed by atoms with E-state index in [-0.39, 0.29) is 0 Å². The highest BCUT2D eigenvalue weighted by Crippen LogP contribution is 2.37. The van der Waals surface area contributed by atoms with Crippen molar-refractivity contribution in [3.8, 4) is 0 Å². The number of hydrogen-bond donors (Lipinski definition) is 4. The molecule has 0 aliphatic rings. The normalized spacial score (nSPS) is 13.3. The number of benzene rings is 2. The van der Waals surface area contributed by atoms with Crippen molar-refractivity contribution < 1.29 is 38.9 Å². The molecule has 0 bridgehead atoms. The molecule has 13 heteroatoms. The van der Waals surface area contributed by atoms with Crippen molar-refractivity contribution >= 4 is 46.8 Å². The molecule has 0 unspecified atom stereocenters. The fourth-order valence-electron chi connectivity index (χ4n) is 2.11. The van der Waals surface area contributed by atoms with E-state index in [1.54, 1.807) is 0 Å². The van der Waals surface area contributed by atoms with Gasteiger partial charge >= 0.3 is 0 Å². The number of hydrogen-bond acceptors (Lipinski definition) is 7. The number of fused-ring (bicyclic) bond motifs is 1. The number of nitrogens with two attached hydrogens (primary N) is 1. The fraction of sp³-hybridized carbons (Fsp3) is 0. The molecule has 2 aromatic carbocycles. The van der Waals surface area contributed by atoms with Crippen LogP contribution in [0, 0.1) is 0 Å². The molecule has 0 aliphatic heterocycles. The molecular formula is C10H9NO9S3. The molecule has 0 amide bonds. The van der Waals surface area contributed by atoms with E-state index in [1.165, 1.54) is 0 Å². The molecule has 2 aromatic rings. The fourth-order valence-corrected chi connectivity index (χ4v) is 4.45. The van der Waals surface area contributed by atoms with Crippen LogP contribution in [0.15, 0.2) is 39.0 Å². The van der Waals surface area contributed by atoms with E-state index in [4.69, 9.17) is 5.73 Å². The molecule has 23 heavy (non-hydrogen) atoms. The quantitative estimate of drug-likeness (QED) is 0.419. The topological polar surface area (TPSA) is 189 Å². The first kappa shape index (κ1) is 17.6. The van der Waals surface area contributed by atoms with E-state index in [0.29, 0.717) is 6.07 Å². The SMILES string of the molecule is Nc1cc(S(=O)(=O)O)c2cccc(S(=O)(=O)O)c2c1S(=O)(=O)O. The average Bonchev–Trinajstić information content (AvgIpc) is 2.32. The largest absolute Gasteiger partial charge is 0.398 e. The minimum atomic E-state index is -5.08. The molecule has 0 spiro atoms. The lowest BCUT2D eigenvalue weighted by atomic mass is 10.1. The Morgan fingerprint density at radius 2 is 1.30 bits per heavy atom. The van der Waals surface area contributed by atoms with E-state index in [0.717, 1.165) is 18.2 Å². The Morgan fingerprint density at radius 3 is 1.74 bits per heavy atom. The lowest BCUT2D eigenvalue weighted by molar-refractivity contribution is 0.479. The van der Waals surface area contributed by atoms with Gasteiger partial charge in [-0.3, -0.25) is 13.7 Å².